The third-order valence-corrected chi connectivity index (χ3v) is 2.33. The Morgan fingerprint density at radius 1 is 1.10 bits per heavy atom. The van der Waals surface area contributed by atoms with Crippen LogP contribution < -0.4 is 5.32 Å². The lowest BCUT2D eigenvalue weighted by atomic mass is 10.1. The molecule has 8 heteroatoms. The average molecular weight is 301 g/mol. The summed E-state index contributed by atoms with van der Waals surface area (Å²) in [6, 6.07) is 4.26. The number of benzene rings is 1. The van der Waals surface area contributed by atoms with Gasteiger partial charge in [0.2, 0.25) is 0 Å². The van der Waals surface area contributed by atoms with E-state index in [0.29, 0.717) is 12.1 Å². The predicted molar refractivity (Wildman–Crippen MR) is 73.2 cm³/mol. The quantitative estimate of drug-likeness (QED) is 0.411. The number of rotatable bonds is 6. The molecule has 0 radical (unpaired) electrons. The second kappa shape index (κ2) is 9.56. The lowest BCUT2D eigenvalue weighted by Crippen LogP contribution is -2.16. The van der Waals surface area contributed by atoms with Gasteiger partial charge in [-0.1, -0.05) is 6.07 Å². The zero-order chi connectivity index (χ0) is 16.4. The summed E-state index contributed by atoms with van der Waals surface area (Å²) in [7, 11) is 1.73. The first-order chi connectivity index (χ1) is 9.77. The van der Waals surface area contributed by atoms with Gasteiger partial charge in [0.25, 0.3) is 0 Å². The molecule has 1 aromatic rings. The minimum Gasteiger partial charge on any atom is -0.504 e. The molecule has 118 valence electrons. The molecule has 0 heterocycles. The maximum Gasteiger partial charge on any atom is 0.303 e. The molecule has 0 bridgehead atoms. The fraction of sp³-hybridized carbons (Fsp3) is 0.385. The number of hydrogen-bond acceptors (Lipinski definition) is 6. The molecule has 1 atom stereocenters. The van der Waals surface area contributed by atoms with Crippen LogP contribution in [0.5, 0.6) is 11.5 Å². The molecule has 0 saturated heterocycles. The SMILES string of the molecule is CNCC(O)c1ccc(O)c(O)c1.O=C(O)CCC(=O)O. The Morgan fingerprint density at radius 2 is 1.62 bits per heavy atom. The normalized spacial score (nSPS) is 11.1. The summed E-state index contributed by atoms with van der Waals surface area (Å²) in [5, 5.41) is 46.2. The Balaban J connectivity index is 0.000000433. The molecular formula is C13H19NO7. The first-order valence-corrected chi connectivity index (χ1v) is 6.06. The maximum atomic E-state index is 9.64. The Bertz CT molecular complexity index is 462. The molecule has 1 aromatic carbocycles. The Labute approximate surface area is 121 Å². The monoisotopic (exact) mass is 301 g/mol. The van der Waals surface area contributed by atoms with Crippen molar-refractivity contribution in [2.24, 2.45) is 0 Å². The molecule has 0 aliphatic carbocycles. The van der Waals surface area contributed by atoms with Gasteiger partial charge in [-0.3, -0.25) is 9.59 Å². The maximum absolute atomic E-state index is 9.64. The number of hydrogen-bond donors (Lipinski definition) is 6. The van der Waals surface area contributed by atoms with Crippen molar-refractivity contribution in [1.29, 1.82) is 0 Å². The topological polar surface area (TPSA) is 147 Å². The van der Waals surface area contributed by atoms with Crippen LogP contribution in [0.3, 0.4) is 0 Å². The number of aliphatic carboxylic acids is 2. The first-order valence-electron chi connectivity index (χ1n) is 6.06. The van der Waals surface area contributed by atoms with Gasteiger partial charge in [0.05, 0.1) is 18.9 Å². The Morgan fingerprint density at radius 3 is 2.00 bits per heavy atom. The van der Waals surface area contributed by atoms with Crippen molar-refractivity contribution in [2.75, 3.05) is 13.6 Å². The van der Waals surface area contributed by atoms with Crippen molar-refractivity contribution in [3.8, 4) is 11.5 Å². The van der Waals surface area contributed by atoms with Crippen LogP contribution in [0.15, 0.2) is 18.2 Å². The summed E-state index contributed by atoms with van der Waals surface area (Å²) in [5.41, 5.74) is 0.574. The second-order valence-electron chi connectivity index (χ2n) is 4.11. The summed E-state index contributed by atoms with van der Waals surface area (Å²) in [6.07, 6.45) is -1.26. The summed E-state index contributed by atoms with van der Waals surface area (Å²) in [6.45, 7) is 0.407. The number of phenols is 2. The third kappa shape index (κ3) is 8.45. The number of phenolic OH excluding ortho intramolecular Hbond substituents is 2. The zero-order valence-corrected chi connectivity index (χ0v) is 11.5. The van der Waals surface area contributed by atoms with Gasteiger partial charge in [-0.05, 0) is 24.7 Å². The van der Waals surface area contributed by atoms with Crippen molar-refractivity contribution < 1.29 is 35.1 Å². The summed E-state index contributed by atoms with van der Waals surface area (Å²) >= 11 is 0. The van der Waals surface area contributed by atoms with Gasteiger partial charge in [0.1, 0.15) is 0 Å². The Kier molecular flexibility index (Phi) is 8.51. The highest BCUT2D eigenvalue weighted by Gasteiger charge is 2.08. The number of aliphatic hydroxyl groups is 1. The summed E-state index contributed by atoms with van der Waals surface area (Å²) in [5.74, 6) is -2.55. The number of carbonyl (C=O) groups is 2. The molecule has 1 unspecified atom stereocenters. The van der Waals surface area contributed by atoms with Crippen molar-refractivity contribution in [3.05, 3.63) is 23.8 Å². The van der Waals surface area contributed by atoms with Crippen molar-refractivity contribution in [3.63, 3.8) is 0 Å². The number of carboxylic acids is 2. The lowest BCUT2D eigenvalue weighted by molar-refractivity contribution is -0.143. The minimum absolute atomic E-state index is 0.180. The molecule has 0 fully saturated rings. The average Bonchev–Trinajstić information content (AvgIpc) is 2.40. The van der Waals surface area contributed by atoms with Crippen LogP contribution in [0.25, 0.3) is 0 Å². The van der Waals surface area contributed by atoms with Crippen LogP contribution in [0.2, 0.25) is 0 Å². The highest BCUT2D eigenvalue weighted by molar-refractivity contribution is 5.75. The van der Waals surface area contributed by atoms with Gasteiger partial charge in [0.15, 0.2) is 11.5 Å². The summed E-state index contributed by atoms with van der Waals surface area (Å²) < 4.78 is 0. The highest BCUT2D eigenvalue weighted by atomic mass is 16.4. The number of carboxylic acid groups (broad SMARTS) is 2. The summed E-state index contributed by atoms with van der Waals surface area (Å²) in [4.78, 5) is 19.3. The van der Waals surface area contributed by atoms with E-state index in [2.05, 4.69) is 5.32 Å². The molecule has 21 heavy (non-hydrogen) atoms. The number of aromatic hydroxyl groups is 2. The van der Waals surface area contributed by atoms with E-state index in [4.69, 9.17) is 20.4 Å². The zero-order valence-electron chi connectivity index (χ0n) is 11.5. The molecule has 1 rings (SSSR count). The largest absolute Gasteiger partial charge is 0.504 e. The fourth-order valence-electron chi connectivity index (χ4n) is 1.27. The van der Waals surface area contributed by atoms with Crippen LogP contribution in [-0.2, 0) is 9.59 Å². The van der Waals surface area contributed by atoms with E-state index in [1.165, 1.54) is 12.1 Å². The molecular weight excluding hydrogens is 282 g/mol. The van der Waals surface area contributed by atoms with Gasteiger partial charge in [0, 0.05) is 6.54 Å². The number of nitrogens with one attached hydrogen (secondary N) is 1. The standard InChI is InChI=1S/C9H13NO3.C4H6O4/c1-10-5-9(13)6-2-3-7(11)8(12)4-6;5-3(6)1-2-4(7)8/h2-4,9-13H,5H2,1H3;1-2H2,(H,5,6)(H,7,8). The Hall–Kier alpha value is -2.32. The number of likely N-dealkylation sites (N-methyl/N-ethyl adjacent to an activating group) is 1. The van der Waals surface area contributed by atoms with Crippen LogP contribution >= 0.6 is 0 Å². The molecule has 0 saturated carbocycles. The molecule has 8 nitrogen and oxygen atoms in total. The van der Waals surface area contributed by atoms with Crippen molar-refractivity contribution in [1.82, 2.24) is 5.32 Å². The first kappa shape index (κ1) is 18.7. The van der Waals surface area contributed by atoms with E-state index in [0.717, 1.165) is 0 Å². The van der Waals surface area contributed by atoms with Gasteiger partial charge in [-0.2, -0.15) is 0 Å². The number of aliphatic hydroxyl groups excluding tert-OH is 1. The molecule has 0 aliphatic rings. The van der Waals surface area contributed by atoms with Crippen LogP contribution in [0, 0.1) is 0 Å². The van der Waals surface area contributed by atoms with Gasteiger partial charge >= 0.3 is 11.9 Å². The van der Waals surface area contributed by atoms with Crippen LogP contribution in [0.1, 0.15) is 24.5 Å². The van der Waals surface area contributed by atoms with Gasteiger partial charge < -0.3 is 30.8 Å². The molecule has 0 amide bonds. The third-order valence-electron chi connectivity index (χ3n) is 2.33. The van der Waals surface area contributed by atoms with Crippen molar-refractivity contribution >= 4 is 11.9 Å². The molecule has 6 N–H and O–H groups in total. The van der Waals surface area contributed by atoms with E-state index < -0.39 is 18.0 Å². The predicted octanol–water partition coefficient (Wildman–Crippen LogP) is 0.286. The van der Waals surface area contributed by atoms with Crippen LogP contribution in [0.4, 0.5) is 0 Å². The van der Waals surface area contributed by atoms with E-state index in [1.807, 2.05) is 0 Å². The van der Waals surface area contributed by atoms with Gasteiger partial charge in [-0.15, -0.1) is 0 Å². The van der Waals surface area contributed by atoms with E-state index in [9.17, 15) is 14.7 Å². The lowest BCUT2D eigenvalue weighted by Gasteiger charge is -2.10. The smallest absolute Gasteiger partial charge is 0.303 e. The molecule has 0 aliphatic heterocycles. The minimum atomic E-state index is -1.08. The van der Waals surface area contributed by atoms with E-state index in [1.54, 1.807) is 13.1 Å². The second-order valence-corrected chi connectivity index (χ2v) is 4.11. The highest BCUT2D eigenvalue weighted by Crippen LogP contribution is 2.27. The molecule has 0 spiro atoms. The van der Waals surface area contributed by atoms with E-state index in [-0.39, 0.29) is 24.3 Å². The van der Waals surface area contributed by atoms with E-state index >= 15 is 0 Å². The van der Waals surface area contributed by atoms with Gasteiger partial charge in [-0.25, -0.2) is 0 Å². The van der Waals surface area contributed by atoms with Crippen LogP contribution in [-0.4, -0.2) is 51.1 Å². The van der Waals surface area contributed by atoms with Crippen molar-refractivity contribution in [2.45, 2.75) is 18.9 Å². The fourth-order valence-corrected chi connectivity index (χ4v) is 1.27. The molecule has 0 aromatic heterocycles.